The monoisotopic (exact) mass is 269 g/mol. The van der Waals surface area contributed by atoms with Gasteiger partial charge in [0, 0.05) is 4.47 Å². The molecule has 78 valence electrons. The Balaban J connectivity index is 2.32. The van der Waals surface area contributed by atoms with Gasteiger partial charge in [-0.05, 0) is 29.8 Å². The summed E-state index contributed by atoms with van der Waals surface area (Å²) in [4.78, 5) is 0. The molecule has 0 spiro atoms. The molecule has 5 heteroatoms. The molecule has 0 unspecified atom stereocenters. The summed E-state index contributed by atoms with van der Waals surface area (Å²) in [5.74, 6) is 0.296. The Morgan fingerprint density at radius 1 is 1.40 bits per heavy atom. The maximum absolute atomic E-state index is 13.0. The van der Waals surface area contributed by atoms with Crippen molar-refractivity contribution in [2.75, 3.05) is 5.73 Å². The minimum Gasteiger partial charge on any atom is -0.384 e. The molecule has 2 rings (SSSR count). The number of nitrogens with zero attached hydrogens (tertiary/aromatic N) is 2. The van der Waals surface area contributed by atoms with Gasteiger partial charge < -0.3 is 5.73 Å². The number of nitrogens with two attached hydrogens (primary N) is 1. The summed E-state index contributed by atoms with van der Waals surface area (Å²) in [6.45, 7) is 0.456. The first kappa shape index (κ1) is 10.2. The molecule has 2 N–H and O–H groups in total. The average molecular weight is 270 g/mol. The number of halogens is 2. The fourth-order valence-electron chi connectivity index (χ4n) is 1.30. The van der Waals surface area contributed by atoms with Gasteiger partial charge in [-0.25, -0.2) is 9.07 Å². The second-order valence-corrected chi connectivity index (χ2v) is 4.00. The van der Waals surface area contributed by atoms with Crippen LogP contribution < -0.4 is 5.73 Å². The molecule has 1 aromatic heterocycles. The molecule has 0 aliphatic heterocycles. The lowest BCUT2D eigenvalue weighted by Crippen LogP contribution is -2.06. The third-order valence-electron chi connectivity index (χ3n) is 2.08. The van der Waals surface area contributed by atoms with Crippen molar-refractivity contribution in [2.24, 2.45) is 0 Å². The van der Waals surface area contributed by atoms with Crippen LogP contribution in [0.3, 0.4) is 0 Å². The van der Waals surface area contributed by atoms with E-state index >= 15 is 0 Å². The second-order valence-electron chi connectivity index (χ2n) is 3.15. The fraction of sp³-hybridized carbons (Fsp3) is 0.100. The summed E-state index contributed by atoms with van der Waals surface area (Å²) in [6.07, 6.45) is 1.61. The molecule has 0 fully saturated rings. The van der Waals surface area contributed by atoms with Gasteiger partial charge in [0.15, 0.2) is 0 Å². The van der Waals surface area contributed by atoms with Gasteiger partial charge in [0.1, 0.15) is 11.6 Å². The van der Waals surface area contributed by atoms with E-state index in [2.05, 4.69) is 21.0 Å². The molecule has 0 saturated carbocycles. The Labute approximate surface area is 94.8 Å². The normalized spacial score (nSPS) is 10.5. The molecule has 3 nitrogen and oxygen atoms in total. The molecule has 0 atom stereocenters. The topological polar surface area (TPSA) is 43.8 Å². The second kappa shape index (κ2) is 4.02. The van der Waals surface area contributed by atoms with Crippen molar-refractivity contribution in [2.45, 2.75) is 6.54 Å². The summed E-state index contributed by atoms with van der Waals surface area (Å²) >= 11 is 3.35. The van der Waals surface area contributed by atoms with Crippen molar-refractivity contribution < 1.29 is 4.39 Å². The Hall–Kier alpha value is -1.36. The molecular weight excluding hydrogens is 261 g/mol. The van der Waals surface area contributed by atoms with E-state index in [1.165, 1.54) is 12.1 Å². The van der Waals surface area contributed by atoms with Crippen molar-refractivity contribution in [1.29, 1.82) is 0 Å². The maximum Gasteiger partial charge on any atom is 0.123 e. The van der Waals surface area contributed by atoms with E-state index < -0.39 is 0 Å². The highest BCUT2D eigenvalue weighted by Gasteiger charge is 2.04. The number of anilines is 1. The minimum absolute atomic E-state index is 0.265. The first-order chi connectivity index (χ1) is 7.16. The zero-order valence-corrected chi connectivity index (χ0v) is 9.41. The first-order valence-corrected chi connectivity index (χ1v) is 5.17. The van der Waals surface area contributed by atoms with Crippen LogP contribution >= 0.6 is 15.9 Å². The van der Waals surface area contributed by atoms with Gasteiger partial charge in [0.2, 0.25) is 0 Å². The largest absolute Gasteiger partial charge is 0.384 e. The van der Waals surface area contributed by atoms with Crippen molar-refractivity contribution >= 4 is 21.7 Å². The zero-order valence-electron chi connectivity index (χ0n) is 7.82. The van der Waals surface area contributed by atoms with Crippen LogP contribution in [0.1, 0.15) is 5.56 Å². The number of rotatable bonds is 2. The highest BCUT2D eigenvalue weighted by atomic mass is 79.9. The van der Waals surface area contributed by atoms with E-state index in [1.807, 2.05) is 0 Å². The number of nitrogen functional groups attached to an aromatic ring is 1. The Morgan fingerprint density at radius 2 is 2.20 bits per heavy atom. The zero-order chi connectivity index (χ0) is 10.8. The van der Waals surface area contributed by atoms with Crippen LogP contribution in [0, 0.1) is 5.82 Å². The third kappa shape index (κ3) is 2.18. The quantitative estimate of drug-likeness (QED) is 0.910. The highest BCUT2D eigenvalue weighted by molar-refractivity contribution is 9.10. The lowest BCUT2D eigenvalue weighted by atomic mass is 10.2. The molecule has 0 amide bonds. The predicted molar refractivity (Wildman–Crippen MR) is 59.8 cm³/mol. The van der Waals surface area contributed by atoms with Crippen molar-refractivity contribution in [3.8, 4) is 0 Å². The molecule has 15 heavy (non-hydrogen) atoms. The van der Waals surface area contributed by atoms with Gasteiger partial charge in [-0.1, -0.05) is 15.9 Å². The van der Waals surface area contributed by atoms with Gasteiger partial charge in [-0.2, -0.15) is 5.10 Å². The smallest absolute Gasteiger partial charge is 0.123 e. The van der Waals surface area contributed by atoms with Crippen LogP contribution in [0.5, 0.6) is 0 Å². The average Bonchev–Trinajstić information content (AvgIpc) is 2.58. The highest BCUT2D eigenvalue weighted by Crippen LogP contribution is 2.19. The summed E-state index contributed by atoms with van der Waals surface area (Å²) in [7, 11) is 0. The molecular formula is C10H9BrFN3. The minimum atomic E-state index is -0.265. The Morgan fingerprint density at radius 3 is 2.87 bits per heavy atom. The van der Waals surface area contributed by atoms with Crippen LogP contribution in [0.2, 0.25) is 0 Å². The molecule has 1 heterocycles. The van der Waals surface area contributed by atoms with Gasteiger partial charge in [0.05, 0.1) is 12.7 Å². The molecule has 0 saturated heterocycles. The van der Waals surface area contributed by atoms with Gasteiger partial charge in [-0.15, -0.1) is 0 Å². The molecule has 0 aliphatic carbocycles. The lowest BCUT2D eigenvalue weighted by Gasteiger charge is -2.06. The molecule has 2 aromatic rings. The van der Waals surface area contributed by atoms with Crippen molar-refractivity contribution in [3.63, 3.8) is 0 Å². The van der Waals surface area contributed by atoms with Crippen LogP contribution in [-0.4, -0.2) is 9.78 Å². The van der Waals surface area contributed by atoms with Gasteiger partial charge >= 0.3 is 0 Å². The standard InChI is InChI=1S/C10H9BrFN3/c11-9-2-1-8(12)5-7(9)6-15-10(13)3-4-14-15/h1-5H,6,13H2. The lowest BCUT2D eigenvalue weighted by molar-refractivity contribution is 0.619. The van der Waals surface area contributed by atoms with Gasteiger partial charge in [0.25, 0.3) is 0 Å². The van der Waals surface area contributed by atoms with Crippen molar-refractivity contribution in [1.82, 2.24) is 9.78 Å². The molecule has 0 bridgehead atoms. The number of hydrogen-bond acceptors (Lipinski definition) is 2. The van der Waals surface area contributed by atoms with Crippen molar-refractivity contribution in [3.05, 3.63) is 46.3 Å². The Bertz CT molecular complexity index is 481. The van der Waals surface area contributed by atoms with E-state index in [9.17, 15) is 4.39 Å². The fourth-order valence-corrected chi connectivity index (χ4v) is 1.67. The van der Waals surface area contributed by atoms with E-state index in [-0.39, 0.29) is 5.82 Å². The van der Waals surface area contributed by atoms with E-state index in [0.29, 0.717) is 12.4 Å². The van der Waals surface area contributed by atoms with Gasteiger partial charge in [-0.3, -0.25) is 0 Å². The van der Waals surface area contributed by atoms with Crippen LogP contribution in [0.25, 0.3) is 0 Å². The first-order valence-electron chi connectivity index (χ1n) is 4.38. The third-order valence-corrected chi connectivity index (χ3v) is 2.85. The number of hydrogen-bond donors (Lipinski definition) is 1. The maximum atomic E-state index is 13.0. The van der Waals surface area contributed by atoms with Crippen LogP contribution in [-0.2, 0) is 6.54 Å². The number of aromatic nitrogens is 2. The molecule has 0 aliphatic rings. The molecule has 1 aromatic carbocycles. The summed E-state index contributed by atoms with van der Waals surface area (Å²) in [5.41, 5.74) is 6.48. The van der Waals surface area contributed by atoms with E-state index in [4.69, 9.17) is 5.73 Å². The summed E-state index contributed by atoms with van der Waals surface area (Å²) in [5, 5.41) is 4.03. The summed E-state index contributed by atoms with van der Waals surface area (Å²) in [6, 6.07) is 6.24. The molecule has 0 radical (unpaired) electrons. The van der Waals surface area contributed by atoms with Crippen LogP contribution in [0.4, 0.5) is 10.2 Å². The Kier molecular flexibility index (Phi) is 2.73. The summed E-state index contributed by atoms with van der Waals surface area (Å²) < 4.78 is 15.5. The van der Waals surface area contributed by atoms with Crippen LogP contribution in [0.15, 0.2) is 34.9 Å². The van der Waals surface area contributed by atoms with E-state index in [0.717, 1.165) is 10.0 Å². The predicted octanol–water partition coefficient (Wildman–Crippen LogP) is 2.42. The van der Waals surface area contributed by atoms with E-state index in [1.54, 1.807) is 23.0 Å². The SMILES string of the molecule is Nc1ccnn1Cc1cc(F)ccc1Br. The number of benzene rings is 1.